The van der Waals surface area contributed by atoms with Crippen LogP contribution in [0.3, 0.4) is 0 Å². The SMILES string of the molecule is Oc1ccc(CNCC2CC(O)C2)nc1. The lowest BCUT2D eigenvalue weighted by Crippen LogP contribution is -2.35. The molecule has 4 nitrogen and oxygen atoms in total. The normalized spacial score (nSPS) is 24.9. The minimum absolute atomic E-state index is 0.0800. The zero-order valence-electron chi connectivity index (χ0n) is 8.56. The molecule has 2 rings (SSSR count). The van der Waals surface area contributed by atoms with Gasteiger partial charge in [0.15, 0.2) is 0 Å². The van der Waals surface area contributed by atoms with Gasteiger partial charge in [-0.1, -0.05) is 0 Å². The summed E-state index contributed by atoms with van der Waals surface area (Å²) in [5.41, 5.74) is 0.924. The van der Waals surface area contributed by atoms with E-state index in [1.165, 1.54) is 6.20 Å². The fourth-order valence-corrected chi connectivity index (χ4v) is 1.79. The molecule has 3 N–H and O–H groups in total. The van der Waals surface area contributed by atoms with Crippen LogP contribution in [0.2, 0.25) is 0 Å². The number of rotatable bonds is 4. The molecule has 82 valence electrons. The second-order valence-corrected chi connectivity index (χ2v) is 4.13. The van der Waals surface area contributed by atoms with Crippen molar-refractivity contribution in [2.24, 2.45) is 5.92 Å². The van der Waals surface area contributed by atoms with Gasteiger partial charge in [-0.05, 0) is 37.4 Å². The summed E-state index contributed by atoms with van der Waals surface area (Å²) in [4.78, 5) is 4.07. The van der Waals surface area contributed by atoms with Gasteiger partial charge in [0.1, 0.15) is 5.75 Å². The lowest BCUT2D eigenvalue weighted by molar-refractivity contribution is 0.0429. The van der Waals surface area contributed by atoms with Crippen molar-refractivity contribution in [3.63, 3.8) is 0 Å². The van der Waals surface area contributed by atoms with Crippen molar-refractivity contribution >= 4 is 0 Å². The number of hydrogen-bond donors (Lipinski definition) is 3. The van der Waals surface area contributed by atoms with Crippen molar-refractivity contribution in [3.05, 3.63) is 24.0 Å². The van der Waals surface area contributed by atoms with Crippen LogP contribution in [0, 0.1) is 5.92 Å². The van der Waals surface area contributed by atoms with E-state index in [0.717, 1.165) is 25.1 Å². The second kappa shape index (κ2) is 4.59. The summed E-state index contributed by atoms with van der Waals surface area (Å²) in [7, 11) is 0. The summed E-state index contributed by atoms with van der Waals surface area (Å²) in [5.74, 6) is 0.804. The van der Waals surface area contributed by atoms with Crippen molar-refractivity contribution in [1.82, 2.24) is 10.3 Å². The Bertz CT molecular complexity index is 307. The zero-order chi connectivity index (χ0) is 10.7. The van der Waals surface area contributed by atoms with Gasteiger partial charge in [0.2, 0.25) is 0 Å². The largest absolute Gasteiger partial charge is 0.506 e. The Morgan fingerprint density at radius 1 is 1.40 bits per heavy atom. The smallest absolute Gasteiger partial charge is 0.133 e. The lowest BCUT2D eigenvalue weighted by atomic mass is 9.82. The summed E-state index contributed by atoms with van der Waals surface area (Å²) in [6.45, 7) is 1.65. The first kappa shape index (κ1) is 10.4. The molecule has 15 heavy (non-hydrogen) atoms. The molecule has 0 amide bonds. The van der Waals surface area contributed by atoms with Crippen molar-refractivity contribution in [1.29, 1.82) is 0 Å². The van der Waals surface area contributed by atoms with Crippen LogP contribution < -0.4 is 5.32 Å². The third-order valence-electron chi connectivity index (χ3n) is 2.76. The first-order valence-corrected chi connectivity index (χ1v) is 5.26. The van der Waals surface area contributed by atoms with Gasteiger partial charge >= 0.3 is 0 Å². The summed E-state index contributed by atoms with van der Waals surface area (Å²) in [6.07, 6.45) is 3.19. The molecule has 0 saturated heterocycles. The first-order valence-electron chi connectivity index (χ1n) is 5.26. The molecule has 1 fully saturated rings. The molecule has 0 spiro atoms. The summed E-state index contributed by atoms with van der Waals surface area (Å²) in [6, 6.07) is 3.44. The first-order chi connectivity index (χ1) is 7.24. The zero-order valence-corrected chi connectivity index (χ0v) is 8.56. The molecule has 1 aromatic rings. The summed E-state index contributed by atoms with van der Waals surface area (Å²) < 4.78 is 0. The number of pyridine rings is 1. The molecule has 0 bridgehead atoms. The van der Waals surface area contributed by atoms with Crippen LogP contribution in [0.15, 0.2) is 18.3 Å². The molecular weight excluding hydrogens is 192 g/mol. The molecule has 0 aromatic carbocycles. The van der Waals surface area contributed by atoms with Gasteiger partial charge in [-0.15, -0.1) is 0 Å². The fraction of sp³-hybridized carbons (Fsp3) is 0.545. The highest BCUT2D eigenvalue weighted by Crippen LogP contribution is 2.26. The van der Waals surface area contributed by atoms with Crippen molar-refractivity contribution in [2.45, 2.75) is 25.5 Å². The van der Waals surface area contributed by atoms with Crippen LogP contribution in [-0.2, 0) is 6.54 Å². The highest BCUT2D eigenvalue weighted by Gasteiger charge is 2.26. The molecule has 1 aliphatic rings. The number of aromatic hydroxyl groups is 1. The maximum absolute atomic E-state index is 9.10. The van der Waals surface area contributed by atoms with E-state index in [-0.39, 0.29) is 11.9 Å². The molecule has 1 heterocycles. The monoisotopic (exact) mass is 208 g/mol. The minimum Gasteiger partial charge on any atom is -0.506 e. The Labute approximate surface area is 89.0 Å². The Kier molecular flexibility index (Phi) is 3.18. The Balaban J connectivity index is 1.67. The standard InChI is InChI=1S/C11H16N2O2/c14-10-2-1-9(13-7-10)6-12-5-8-3-11(15)4-8/h1-2,7-8,11-12,14-15H,3-6H2. The van der Waals surface area contributed by atoms with Gasteiger partial charge in [-0.2, -0.15) is 0 Å². The molecule has 0 atom stereocenters. The molecule has 1 saturated carbocycles. The van der Waals surface area contributed by atoms with Crippen LogP contribution in [-0.4, -0.2) is 27.8 Å². The van der Waals surface area contributed by atoms with Gasteiger partial charge in [0, 0.05) is 6.54 Å². The number of nitrogens with zero attached hydrogens (tertiary/aromatic N) is 1. The van der Waals surface area contributed by atoms with Crippen LogP contribution >= 0.6 is 0 Å². The number of aliphatic hydroxyl groups excluding tert-OH is 1. The highest BCUT2D eigenvalue weighted by molar-refractivity contribution is 5.17. The predicted octanol–water partition coefficient (Wildman–Crippen LogP) is 0.648. The maximum Gasteiger partial charge on any atom is 0.133 e. The van der Waals surface area contributed by atoms with Gasteiger partial charge < -0.3 is 15.5 Å². The Morgan fingerprint density at radius 2 is 2.20 bits per heavy atom. The van der Waals surface area contributed by atoms with Crippen LogP contribution in [0.4, 0.5) is 0 Å². The van der Waals surface area contributed by atoms with Crippen LogP contribution in [0.5, 0.6) is 5.75 Å². The number of aliphatic hydroxyl groups is 1. The van der Waals surface area contributed by atoms with Crippen molar-refractivity contribution in [3.8, 4) is 5.75 Å². The molecule has 0 unspecified atom stereocenters. The lowest BCUT2D eigenvalue weighted by Gasteiger charge is -2.31. The molecule has 0 aliphatic heterocycles. The topological polar surface area (TPSA) is 65.4 Å². The third-order valence-corrected chi connectivity index (χ3v) is 2.76. The molecule has 1 aromatic heterocycles. The fourth-order valence-electron chi connectivity index (χ4n) is 1.79. The second-order valence-electron chi connectivity index (χ2n) is 4.13. The molecular formula is C11H16N2O2. The van der Waals surface area contributed by atoms with Gasteiger partial charge in [-0.25, -0.2) is 0 Å². The van der Waals surface area contributed by atoms with E-state index >= 15 is 0 Å². The predicted molar refractivity (Wildman–Crippen MR) is 56.3 cm³/mol. The van der Waals surface area contributed by atoms with Crippen molar-refractivity contribution < 1.29 is 10.2 Å². The summed E-state index contributed by atoms with van der Waals surface area (Å²) >= 11 is 0. The van der Waals surface area contributed by atoms with Gasteiger partial charge in [0.05, 0.1) is 18.0 Å². The highest BCUT2D eigenvalue weighted by atomic mass is 16.3. The van der Waals surface area contributed by atoms with E-state index in [0.29, 0.717) is 12.5 Å². The van der Waals surface area contributed by atoms with E-state index in [2.05, 4.69) is 10.3 Å². The number of hydrogen-bond acceptors (Lipinski definition) is 4. The quantitative estimate of drug-likeness (QED) is 0.679. The number of aromatic nitrogens is 1. The number of nitrogens with one attached hydrogen (secondary N) is 1. The van der Waals surface area contributed by atoms with E-state index in [4.69, 9.17) is 10.2 Å². The van der Waals surface area contributed by atoms with Gasteiger partial charge in [-0.3, -0.25) is 4.98 Å². The Morgan fingerprint density at radius 3 is 2.80 bits per heavy atom. The molecule has 0 radical (unpaired) electrons. The van der Waals surface area contributed by atoms with E-state index in [9.17, 15) is 0 Å². The molecule has 4 heteroatoms. The average Bonchev–Trinajstić information content (AvgIpc) is 2.18. The van der Waals surface area contributed by atoms with E-state index in [1.54, 1.807) is 12.1 Å². The van der Waals surface area contributed by atoms with Gasteiger partial charge in [0.25, 0.3) is 0 Å². The third kappa shape index (κ3) is 2.91. The average molecular weight is 208 g/mol. The van der Waals surface area contributed by atoms with E-state index < -0.39 is 0 Å². The molecule has 1 aliphatic carbocycles. The maximum atomic E-state index is 9.10. The minimum atomic E-state index is -0.0800. The van der Waals surface area contributed by atoms with Crippen molar-refractivity contribution in [2.75, 3.05) is 6.54 Å². The summed E-state index contributed by atoms with van der Waals surface area (Å²) in [5, 5.41) is 21.4. The van der Waals surface area contributed by atoms with Crippen LogP contribution in [0.1, 0.15) is 18.5 Å². The van der Waals surface area contributed by atoms with E-state index in [1.807, 2.05) is 0 Å². The van der Waals surface area contributed by atoms with Crippen LogP contribution in [0.25, 0.3) is 0 Å². The Hall–Kier alpha value is -1.13.